The maximum absolute atomic E-state index is 6.53. The van der Waals surface area contributed by atoms with Crippen LogP contribution in [0.4, 0.5) is 17.1 Å². The molecule has 1 aliphatic carbocycles. The average Bonchev–Trinajstić information content (AvgIpc) is 3.86. The molecular formula is C59H39NO. The van der Waals surface area contributed by atoms with Crippen molar-refractivity contribution < 1.29 is 4.42 Å². The predicted molar refractivity (Wildman–Crippen MR) is 254 cm³/mol. The number of anilines is 3. The third-order valence-corrected chi connectivity index (χ3v) is 12.7. The van der Waals surface area contributed by atoms with E-state index in [-0.39, 0.29) is 0 Å². The van der Waals surface area contributed by atoms with Crippen molar-refractivity contribution in [3.8, 4) is 33.4 Å². The molecule has 0 fully saturated rings. The van der Waals surface area contributed by atoms with Crippen LogP contribution in [0.5, 0.6) is 0 Å². The van der Waals surface area contributed by atoms with Gasteiger partial charge in [-0.1, -0.05) is 194 Å². The van der Waals surface area contributed by atoms with Crippen LogP contribution < -0.4 is 4.90 Å². The third kappa shape index (κ3) is 5.50. The predicted octanol–water partition coefficient (Wildman–Crippen LogP) is 15.9. The normalized spacial score (nSPS) is 12.7. The lowest BCUT2D eigenvalue weighted by Crippen LogP contribution is -2.28. The van der Waals surface area contributed by atoms with Gasteiger partial charge in [-0.2, -0.15) is 0 Å². The van der Waals surface area contributed by atoms with Gasteiger partial charge in [0.05, 0.1) is 11.1 Å². The first-order valence-corrected chi connectivity index (χ1v) is 21.0. The molecule has 2 nitrogen and oxygen atoms in total. The van der Waals surface area contributed by atoms with Crippen molar-refractivity contribution in [3.05, 3.63) is 259 Å². The van der Waals surface area contributed by atoms with E-state index in [2.05, 4.69) is 235 Å². The highest BCUT2D eigenvalue weighted by atomic mass is 16.3. The third-order valence-electron chi connectivity index (χ3n) is 12.7. The summed E-state index contributed by atoms with van der Waals surface area (Å²) >= 11 is 0. The van der Waals surface area contributed by atoms with E-state index in [1.165, 1.54) is 44.2 Å². The Morgan fingerprint density at radius 1 is 0.344 bits per heavy atom. The average molecular weight is 778 g/mol. The van der Waals surface area contributed by atoms with E-state index in [9.17, 15) is 0 Å². The Hall–Kier alpha value is -7.94. The largest absolute Gasteiger partial charge is 0.455 e. The van der Waals surface area contributed by atoms with Crippen molar-refractivity contribution in [2.45, 2.75) is 5.41 Å². The summed E-state index contributed by atoms with van der Waals surface area (Å²) in [5.41, 5.74) is 16.8. The zero-order chi connectivity index (χ0) is 40.3. The molecule has 0 saturated heterocycles. The Balaban J connectivity index is 1.02. The second kappa shape index (κ2) is 14.1. The van der Waals surface area contributed by atoms with E-state index in [1.54, 1.807) is 0 Å². The molecule has 2 heteroatoms. The highest BCUT2D eigenvalue weighted by Crippen LogP contribution is 2.57. The fourth-order valence-corrected chi connectivity index (χ4v) is 10.0. The van der Waals surface area contributed by atoms with E-state index in [1.807, 2.05) is 6.07 Å². The van der Waals surface area contributed by atoms with Gasteiger partial charge >= 0.3 is 0 Å². The summed E-state index contributed by atoms with van der Waals surface area (Å²) in [6.07, 6.45) is 0. The van der Waals surface area contributed by atoms with Gasteiger partial charge in [-0.25, -0.2) is 0 Å². The molecule has 11 aromatic rings. The van der Waals surface area contributed by atoms with Crippen LogP contribution in [0.1, 0.15) is 22.3 Å². The molecule has 0 unspecified atom stereocenters. The zero-order valence-corrected chi connectivity index (χ0v) is 33.4. The molecule has 0 saturated carbocycles. The van der Waals surface area contributed by atoms with Gasteiger partial charge in [-0.05, 0) is 97.9 Å². The van der Waals surface area contributed by atoms with E-state index >= 15 is 0 Å². The first-order chi connectivity index (χ1) is 30.3. The number of para-hydroxylation sites is 1. The minimum atomic E-state index is -0.503. The maximum Gasteiger partial charge on any atom is 0.143 e. The van der Waals surface area contributed by atoms with Gasteiger partial charge < -0.3 is 9.32 Å². The summed E-state index contributed by atoms with van der Waals surface area (Å²) in [5.74, 6) is 0. The van der Waals surface area contributed by atoms with Gasteiger partial charge in [0, 0.05) is 33.1 Å². The number of nitrogens with zero attached hydrogens (tertiary/aromatic N) is 1. The van der Waals surface area contributed by atoms with Gasteiger partial charge in [0.15, 0.2) is 0 Å². The second-order valence-corrected chi connectivity index (χ2v) is 16.0. The molecule has 0 N–H and O–H groups in total. The monoisotopic (exact) mass is 777 g/mol. The van der Waals surface area contributed by atoms with Crippen LogP contribution >= 0.6 is 0 Å². The van der Waals surface area contributed by atoms with Gasteiger partial charge in [0.2, 0.25) is 0 Å². The van der Waals surface area contributed by atoms with Crippen LogP contribution in [-0.4, -0.2) is 0 Å². The molecule has 61 heavy (non-hydrogen) atoms. The fraction of sp³-hybridized carbons (Fsp3) is 0.0169. The summed E-state index contributed by atoms with van der Waals surface area (Å²) in [4.78, 5) is 2.44. The van der Waals surface area contributed by atoms with Crippen molar-refractivity contribution in [2.75, 3.05) is 4.90 Å². The Labute approximate surface area is 355 Å². The molecule has 1 heterocycles. The molecule has 0 bridgehead atoms. The van der Waals surface area contributed by atoms with Gasteiger partial charge in [0.1, 0.15) is 11.2 Å². The van der Waals surface area contributed by atoms with E-state index in [0.717, 1.165) is 61.3 Å². The van der Waals surface area contributed by atoms with E-state index in [0.29, 0.717) is 0 Å². The van der Waals surface area contributed by atoms with Crippen LogP contribution in [0, 0.1) is 0 Å². The standard InChI is InChI=1S/C59H39NO/c1-4-16-42(17-5-1)49-26-15-27-52-53-38-43(32-37-57(53)61-58(49)52)40-30-33-46(34-31-40)60(56-29-14-19-41-18-10-11-24-48(41)56)47-35-36-51-50-25-12-13-28-54(50)59(55(51)39-47,44-20-6-2-7-21-44)45-22-8-3-9-23-45/h1-39H. The first-order valence-electron chi connectivity index (χ1n) is 21.0. The molecular weight excluding hydrogens is 739 g/mol. The topological polar surface area (TPSA) is 16.4 Å². The van der Waals surface area contributed by atoms with Crippen molar-refractivity contribution in [2.24, 2.45) is 0 Å². The van der Waals surface area contributed by atoms with Crippen LogP contribution in [0.2, 0.25) is 0 Å². The van der Waals surface area contributed by atoms with Crippen LogP contribution in [0.15, 0.2) is 241 Å². The van der Waals surface area contributed by atoms with Crippen LogP contribution in [-0.2, 0) is 5.41 Å². The number of rotatable bonds is 7. The van der Waals surface area contributed by atoms with Gasteiger partial charge in [0.25, 0.3) is 0 Å². The van der Waals surface area contributed by atoms with Crippen LogP contribution in [0.3, 0.4) is 0 Å². The quantitative estimate of drug-likeness (QED) is 0.160. The van der Waals surface area contributed by atoms with Crippen molar-refractivity contribution in [1.82, 2.24) is 0 Å². The molecule has 286 valence electrons. The molecule has 0 aliphatic heterocycles. The number of hydrogen-bond donors (Lipinski definition) is 0. The molecule has 0 radical (unpaired) electrons. The van der Waals surface area contributed by atoms with Crippen molar-refractivity contribution in [3.63, 3.8) is 0 Å². The minimum Gasteiger partial charge on any atom is -0.455 e. The molecule has 1 aromatic heterocycles. The Morgan fingerprint density at radius 3 is 1.72 bits per heavy atom. The molecule has 0 atom stereocenters. The van der Waals surface area contributed by atoms with E-state index in [4.69, 9.17) is 4.42 Å². The lowest BCUT2D eigenvalue weighted by Gasteiger charge is -2.35. The highest BCUT2D eigenvalue weighted by molar-refractivity contribution is 6.10. The number of furan rings is 1. The summed E-state index contributed by atoms with van der Waals surface area (Å²) < 4.78 is 6.53. The van der Waals surface area contributed by atoms with Crippen molar-refractivity contribution in [1.29, 1.82) is 0 Å². The lowest BCUT2D eigenvalue weighted by molar-refractivity contribution is 0.670. The molecule has 1 aliphatic rings. The summed E-state index contributed by atoms with van der Waals surface area (Å²) in [7, 11) is 0. The molecule has 0 spiro atoms. The highest BCUT2D eigenvalue weighted by Gasteiger charge is 2.46. The van der Waals surface area contributed by atoms with Gasteiger partial charge in [-0.3, -0.25) is 0 Å². The summed E-state index contributed by atoms with van der Waals surface area (Å²) in [6.45, 7) is 0. The number of hydrogen-bond acceptors (Lipinski definition) is 2. The lowest BCUT2D eigenvalue weighted by atomic mass is 9.67. The van der Waals surface area contributed by atoms with Crippen molar-refractivity contribution >= 4 is 49.8 Å². The van der Waals surface area contributed by atoms with Gasteiger partial charge in [-0.15, -0.1) is 0 Å². The molecule has 0 amide bonds. The zero-order valence-electron chi connectivity index (χ0n) is 33.4. The number of benzene rings is 10. The Kier molecular flexibility index (Phi) is 8.11. The second-order valence-electron chi connectivity index (χ2n) is 16.0. The molecule has 12 rings (SSSR count). The van der Waals surface area contributed by atoms with E-state index < -0.39 is 5.41 Å². The summed E-state index contributed by atoms with van der Waals surface area (Å²) in [5, 5.41) is 4.64. The Morgan fingerprint density at radius 2 is 0.934 bits per heavy atom. The minimum absolute atomic E-state index is 0.503. The smallest absolute Gasteiger partial charge is 0.143 e. The SMILES string of the molecule is c1ccc(-c2cccc3c2oc2ccc(-c4ccc(N(c5ccc6c(c5)C(c5ccccc5)(c5ccccc5)c5ccccc5-6)c5cccc6ccccc56)cc4)cc23)cc1. The fourth-order valence-electron chi connectivity index (χ4n) is 10.0. The first kappa shape index (κ1) is 35.0. The number of fused-ring (bicyclic) bond motifs is 7. The van der Waals surface area contributed by atoms with Crippen LogP contribution in [0.25, 0.3) is 66.1 Å². The maximum atomic E-state index is 6.53. The summed E-state index contributed by atoms with van der Waals surface area (Å²) in [6, 6.07) is 86.0. The molecule has 10 aromatic carbocycles. The Bertz CT molecular complexity index is 3360.